The molecule has 0 bridgehead atoms. The smallest absolute Gasteiger partial charge is 0.305 e. The van der Waals surface area contributed by atoms with Crippen LogP contribution < -0.4 is 5.32 Å². The second kappa shape index (κ2) is 7.03. The van der Waals surface area contributed by atoms with Crippen molar-refractivity contribution >= 4 is 21.7 Å². The molecular formula is C12H22N2O5S. The van der Waals surface area contributed by atoms with Gasteiger partial charge in [-0.05, 0) is 13.5 Å². The number of hydrogen-bond acceptors (Lipinski definition) is 5. The molecule has 0 saturated carbocycles. The Bertz CT molecular complexity index is 462. The number of sulfone groups is 1. The zero-order valence-electron chi connectivity index (χ0n) is 11.8. The van der Waals surface area contributed by atoms with E-state index in [0.29, 0.717) is 0 Å². The van der Waals surface area contributed by atoms with Gasteiger partial charge in [0.2, 0.25) is 5.91 Å². The summed E-state index contributed by atoms with van der Waals surface area (Å²) in [5.41, 5.74) is 0. The van der Waals surface area contributed by atoms with Crippen molar-refractivity contribution in [2.45, 2.75) is 38.8 Å². The number of aliphatic carboxylic acids is 1. The SMILES string of the molecule is CCNC(C)CC(=O)N1CCS(=O)(=O)CC1CC(=O)O. The summed E-state index contributed by atoms with van der Waals surface area (Å²) in [5, 5.41) is 12.0. The van der Waals surface area contributed by atoms with Crippen LogP contribution >= 0.6 is 0 Å². The van der Waals surface area contributed by atoms with E-state index in [-0.39, 0.29) is 42.8 Å². The van der Waals surface area contributed by atoms with Gasteiger partial charge in [0.05, 0.1) is 24.0 Å². The third kappa shape index (κ3) is 5.09. The molecule has 7 nitrogen and oxygen atoms in total. The summed E-state index contributed by atoms with van der Waals surface area (Å²) in [6, 6.07) is -0.774. The van der Waals surface area contributed by atoms with Crippen molar-refractivity contribution in [3.8, 4) is 0 Å². The quantitative estimate of drug-likeness (QED) is 0.684. The Kier molecular flexibility index (Phi) is 5.94. The molecule has 116 valence electrons. The molecule has 0 aromatic heterocycles. The molecule has 0 aliphatic carbocycles. The van der Waals surface area contributed by atoms with Gasteiger partial charge < -0.3 is 15.3 Å². The van der Waals surface area contributed by atoms with Crippen LogP contribution in [-0.4, -0.2) is 67.0 Å². The number of rotatable bonds is 6. The fraction of sp³-hybridized carbons (Fsp3) is 0.833. The van der Waals surface area contributed by atoms with Crippen molar-refractivity contribution in [1.82, 2.24) is 10.2 Å². The molecule has 1 saturated heterocycles. The molecule has 0 radical (unpaired) electrons. The van der Waals surface area contributed by atoms with Crippen molar-refractivity contribution < 1.29 is 23.1 Å². The Morgan fingerprint density at radius 3 is 2.65 bits per heavy atom. The predicted octanol–water partition coefficient (Wildman–Crippen LogP) is -0.525. The number of nitrogens with one attached hydrogen (secondary N) is 1. The highest BCUT2D eigenvalue weighted by atomic mass is 32.2. The average Bonchev–Trinajstić information content (AvgIpc) is 2.26. The van der Waals surface area contributed by atoms with Crippen LogP contribution in [0, 0.1) is 0 Å². The van der Waals surface area contributed by atoms with E-state index >= 15 is 0 Å². The Labute approximate surface area is 119 Å². The highest BCUT2D eigenvalue weighted by Gasteiger charge is 2.35. The number of hydrogen-bond donors (Lipinski definition) is 2. The first-order valence-corrected chi connectivity index (χ1v) is 8.52. The van der Waals surface area contributed by atoms with Crippen molar-refractivity contribution in [2.75, 3.05) is 24.6 Å². The zero-order chi connectivity index (χ0) is 15.3. The van der Waals surface area contributed by atoms with Gasteiger partial charge in [-0.2, -0.15) is 0 Å². The van der Waals surface area contributed by atoms with Gasteiger partial charge in [-0.1, -0.05) is 6.92 Å². The minimum atomic E-state index is -3.26. The molecule has 1 heterocycles. The van der Waals surface area contributed by atoms with Gasteiger partial charge in [0.25, 0.3) is 0 Å². The number of carbonyl (C=O) groups excluding carboxylic acids is 1. The summed E-state index contributed by atoms with van der Waals surface area (Å²) >= 11 is 0. The third-order valence-corrected chi connectivity index (χ3v) is 4.99. The summed E-state index contributed by atoms with van der Waals surface area (Å²) in [6.07, 6.45) is -0.0927. The summed E-state index contributed by atoms with van der Waals surface area (Å²) < 4.78 is 23.2. The maximum atomic E-state index is 12.2. The van der Waals surface area contributed by atoms with Crippen molar-refractivity contribution in [3.63, 3.8) is 0 Å². The summed E-state index contributed by atoms with van der Waals surface area (Å²) in [7, 11) is -3.26. The lowest BCUT2D eigenvalue weighted by molar-refractivity contribution is -0.140. The molecule has 1 fully saturated rings. The molecule has 1 amide bonds. The van der Waals surface area contributed by atoms with Gasteiger partial charge in [-0.25, -0.2) is 8.42 Å². The van der Waals surface area contributed by atoms with Gasteiger partial charge in [-0.15, -0.1) is 0 Å². The van der Waals surface area contributed by atoms with Gasteiger partial charge in [0.15, 0.2) is 9.84 Å². The monoisotopic (exact) mass is 306 g/mol. The van der Waals surface area contributed by atoms with Crippen LogP contribution in [0.2, 0.25) is 0 Å². The van der Waals surface area contributed by atoms with Crippen molar-refractivity contribution in [3.05, 3.63) is 0 Å². The molecule has 2 atom stereocenters. The van der Waals surface area contributed by atoms with Crippen LogP contribution in [0.1, 0.15) is 26.7 Å². The molecule has 0 spiro atoms. The molecule has 1 rings (SSSR count). The number of carboxylic acid groups (broad SMARTS) is 1. The fourth-order valence-electron chi connectivity index (χ4n) is 2.39. The zero-order valence-corrected chi connectivity index (χ0v) is 12.6. The fourth-order valence-corrected chi connectivity index (χ4v) is 3.91. The van der Waals surface area contributed by atoms with Crippen molar-refractivity contribution in [2.24, 2.45) is 0 Å². The van der Waals surface area contributed by atoms with Crippen LogP contribution in [0.4, 0.5) is 0 Å². The molecule has 2 N–H and O–H groups in total. The van der Waals surface area contributed by atoms with Gasteiger partial charge in [0, 0.05) is 19.0 Å². The standard InChI is InChI=1S/C12H22N2O5S/c1-3-13-9(2)6-11(15)14-4-5-20(18,19)8-10(14)7-12(16)17/h9-10,13H,3-8H2,1-2H3,(H,16,17). The van der Waals surface area contributed by atoms with Gasteiger partial charge in [0.1, 0.15) is 0 Å². The summed E-state index contributed by atoms with van der Waals surface area (Å²) in [5.74, 6) is -1.64. The lowest BCUT2D eigenvalue weighted by Crippen LogP contribution is -2.52. The van der Waals surface area contributed by atoms with Crippen LogP contribution in [-0.2, 0) is 19.4 Å². The van der Waals surface area contributed by atoms with E-state index in [0.717, 1.165) is 6.54 Å². The Hall–Kier alpha value is -1.15. The lowest BCUT2D eigenvalue weighted by Gasteiger charge is -2.35. The van der Waals surface area contributed by atoms with E-state index in [9.17, 15) is 18.0 Å². The predicted molar refractivity (Wildman–Crippen MR) is 74.2 cm³/mol. The molecule has 0 aromatic carbocycles. The Morgan fingerprint density at radius 2 is 2.10 bits per heavy atom. The largest absolute Gasteiger partial charge is 0.481 e. The highest BCUT2D eigenvalue weighted by molar-refractivity contribution is 7.91. The molecule has 20 heavy (non-hydrogen) atoms. The van der Waals surface area contributed by atoms with Crippen LogP contribution in [0.3, 0.4) is 0 Å². The molecule has 0 aromatic rings. The normalized spacial score (nSPS) is 23.3. The second-order valence-corrected chi connectivity index (χ2v) is 7.34. The van der Waals surface area contributed by atoms with E-state index in [2.05, 4.69) is 5.32 Å². The number of carboxylic acids is 1. The Morgan fingerprint density at radius 1 is 1.45 bits per heavy atom. The molecule has 2 unspecified atom stereocenters. The summed E-state index contributed by atoms with van der Waals surface area (Å²) in [6.45, 7) is 4.62. The molecule has 1 aliphatic heterocycles. The maximum Gasteiger partial charge on any atom is 0.305 e. The van der Waals surface area contributed by atoms with Gasteiger partial charge in [-0.3, -0.25) is 9.59 Å². The van der Waals surface area contributed by atoms with Crippen LogP contribution in [0.25, 0.3) is 0 Å². The molecule has 8 heteroatoms. The van der Waals surface area contributed by atoms with Crippen LogP contribution in [0.5, 0.6) is 0 Å². The summed E-state index contributed by atoms with van der Waals surface area (Å²) in [4.78, 5) is 24.4. The lowest BCUT2D eigenvalue weighted by atomic mass is 10.1. The first-order valence-electron chi connectivity index (χ1n) is 6.70. The number of amides is 1. The van der Waals surface area contributed by atoms with E-state index in [1.165, 1.54) is 4.90 Å². The first-order chi connectivity index (χ1) is 9.25. The molecule has 1 aliphatic rings. The van der Waals surface area contributed by atoms with Crippen molar-refractivity contribution in [1.29, 1.82) is 0 Å². The number of carbonyl (C=O) groups is 2. The highest BCUT2D eigenvalue weighted by Crippen LogP contribution is 2.16. The van der Waals surface area contributed by atoms with Crippen LogP contribution in [0.15, 0.2) is 0 Å². The maximum absolute atomic E-state index is 12.2. The van der Waals surface area contributed by atoms with E-state index in [1.54, 1.807) is 0 Å². The van der Waals surface area contributed by atoms with Gasteiger partial charge >= 0.3 is 5.97 Å². The van der Waals surface area contributed by atoms with E-state index < -0.39 is 21.8 Å². The molecular weight excluding hydrogens is 284 g/mol. The minimum Gasteiger partial charge on any atom is -0.481 e. The van der Waals surface area contributed by atoms with E-state index in [1.807, 2.05) is 13.8 Å². The number of nitrogens with zero attached hydrogens (tertiary/aromatic N) is 1. The topological polar surface area (TPSA) is 104 Å². The average molecular weight is 306 g/mol. The van der Waals surface area contributed by atoms with E-state index in [4.69, 9.17) is 5.11 Å². The third-order valence-electron chi connectivity index (χ3n) is 3.29. The second-order valence-electron chi connectivity index (χ2n) is 5.12. The first kappa shape index (κ1) is 16.9. The minimum absolute atomic E-state index is 0.0171. The Balaban J connectivity index is 2.74.